The Labute approximate surface area is 218 Å². The highest BCUT2D eigenvalue weighted by Crippen LogP contribution is 2.33. The molecule has 194 valence electrons. The Hall–Kier alpha value is -3.26. The molecule has 6 rings (SSSR count). The van der Waals surface area contributed by atoms with E-state index in [1.165, 1.54) is 32.1 Å². The van der Waals surface area contributed by atoms with Crippen LogP contribution >= 0.6 is 0 Å². The van der Waals surface area contributed by atoms with Gasteiger partial charge in [0, 0.05) is 72.6 Å². The van der Waals surface area contributed by atoms with Crippen LogP contribution in [0.3, 0.4) is 0 Å². The summed E-state index contributed by atoms with van der Waals surface area (Å²) in [5.41, 5.74) is 1.98. The number of piperidine rings is 1. The monoisotopic (exact) mass is 499 g/mol. The summed E-state index contributed by atoms with van der Waals surface area (Å²) in [6.45, 7) is 3.51. The predicted molar refractivity (Wildman–Crippen MR) is 148 cm³/mol. The highest BCUT2D eigenvalue weighted by molar-refractivity contribution is 5.94. The number of nitrogens with zero attached hydrogens (tertiary/aromatic N) is 4. The fourth-order valence-electron chi connectivity index (χ4n) is 6.04. The molecule has 1 aliphatic carbocycles. The maximum atomic E-state index is 12.8. The van der Waals surface area contributed by atoms with E-state index in [1.807, 2.05) is 24.7 Å². The smallest absolute Gasteiger partial charge is 0.223 e. The maximum absolute atomic E-state index is 12.8. The van der Waals surface area contributed by atoms with Gasteiger partial charge in [0.05, 0.1) is 5.69 Å². The molecule has 0 radical (unpaired) electrons. The third-order valence-corrected chi connectivity index (χ3v) is 8.20. The van der Waals surface area contributed by atoms with E-state index in [-0.39, 0.29) is 17.9 Å². The second-order valence-corrected chi connectivity index (χ2v) is 10.8. The molecule has 3 fully saturated rings. The number of amides is 1. The van der Waals surface area contributed by atoms with Crippen LogP contribution in [-0.4, -0.2) is 59.1 Å². The lowest BCUT2D eigenvalue weighted by atomic mass is 9.95. The molecule has 3 aromatic heterocycles. The van der Waals surface area contributed by atoms with Crippen molar-refractivity contribution in [2.24, 2.45) is 5.92 Å². The highest BCUT2D eigenvalue weighted by atomic mass is 16.2. The SMILES string of the molecule is O=C(N[C@H]1CCNC1)C1CCN(c2nc(-c3ccnc(NC4CCCCC4)c3)cc3cnccc23)CC1. The van der Waals surface area contributed by atoms with E-state index in [2.05, 4.69) is 49.0 Å². The third-order valence-electron chi connectivity index (χ3n) is 8.20. The van der Waals surface area contributed by atoms with E-state index in [0.29, 0.717) is 6.04 Å². The molecule has 3 aliphatic rings. The Bertz CT molecular complexity index is 1230. The minimum absolute atomic E-state index is 0.0709. The minimum atomic E-state index is 0.0709. The van der Waals surface area contributed by atoms with Gasteiger partial charge in [0.2, 0.25) is 5.91 Å². The standard InChI is InChI=1S/C29H37N7O/c37-29(34-24-7-11-31-19-24)20-9-14-36(15-10-20)28-25-8-12-30-18-22(25)16-26(35-28)21-6-13-32-27(17-21)33-23-4-2-1-3-5-23/h6,8,12-13,16-18,20,23-24,31H,1-5,7,9-11,14-15,19H2,(H,32,33)(H,34,37)/t24-/m0/s1. The van der Waals surface area contributed by atoms with Gasteiger partial charge in [-0.3, -0.25) is 9.78 Å². The van der Waals surface area contributed by atoms with Crippen molar-refractivity contribution < 1.29 is 4.79 Å². The predicted octanol–water partition coefficient (Wildman–Crippen LogP) is 4.13. The Kier molecular flexibility index (Phi) is 7.17. The van der Waals surface area contributed by atoms with E-state index in [1.54, 1.807) is 0 Å². The van der Waals surface area contributed by atoms with Crippen molar-refractivity contribution in [1.29, 1.82) is 0 Å². The lowest BCUT2D eigenvalue weighted by Crippen LogP contribution is -2.44. The summed E-state index contributed by atoms with van der Waals surface area (Å²) in [7, 11) is 0. The van der Waals surface area contributed by atoms with Crippen LogP contribution in [0.1, 0.15) is 51.4 Å². The molecule has 1 saturated carbocycles. The molecular weight excluding hydrogens is 462 g/mol. The van der Waals surface area contributed by atoms with E-state index < -0.39 is 0 Å². The Morgan fingerprint density at radius 2 is 1.84 bits per heavy atom. The fraction of sp³-hybridized carbons (Fsp3) is 0.517. The van der Waals surface area contributed by atoms with E-state index in [0.717, 1.165) is 79.1 Å². The molecule has 8 nitrogen and oxygen atoms in total. The number of aromatic nitrogens is 3. The van der Waals surface area contributed by atoms with Crippen LogP contribution in [0, 0.1) is 5.92 Å². The van der Waals surface area contributed by atoms with Crippen LogP contribution < -0.4 is 20.9 Å². The quantitative estimate of drug-likeness (QED) is 0.469. The molecular formula is C29H37N7O. The highest BCUT2D eigenvalue weighted by Gasteiger charge is 2.28. The molecule has 0 unspecified atom stereocenters. The second kappa shape index (κ2) is 11.0. The first-order chi connectivity index (χ1) is 18.2. The number of hydrogen-bond donors (Lipinski definition) is 3. The zero-order valence-electron chi connectivity index (χ0n) is 21.5. The van der Waals surface area contributed by atoms with Gasteiger partial charge < -0.3 is 20.9 Å². The maximum Gasteiger partial charge on any atom is 0.223 e. The number of carbonyl (C=O) groups is 1. The lowest BCUT2D eigenvalue weighted by Gasteiger charge is -2.33. The Morgan fingerprint density at radius 1 is 0.973 bits per heavy atom. The molecule has 2 saturated heterocycles. The number of nitrogens with one attached hydrogen (secondary N) is 3. The molecule has 5 heterocycles. The van der Waals surface area contributed by atoms with Crippen molar-refractivity contribution in [3.63, 3.8) is 0 Å². The van der Waals surface area contributed by atoms with E-state index >= 15 is 0 Å². The summed E-state index contributed by atoms with van der Waals surface area (Å²) in [4.78, 5) is 29.3. The van der Waals surface area contributed by atoms with Gasteiger partial charge in [0.1, 0.15) is 11.6 Å². The van der Waals surface area contributed by atoms with Crippen LogP contribution in [0.5, 0.6) is 0 Å². The van der Waals surface area contributed by atoms with Gasteiger partial charge in [0.25, 0.3) is 0 Å². The molecule has 0 aromatic carbocycles. The topological polar surface area (TPSA) is 95.1 Å². The van der Waals surface area contributed by atoms with Crippen molar-refractivity contribution in [2.45, 2.75) is 63.5 Å². The van der Waals surface area contributed by atoms with Gasteiger partial charge in [-0.05, 0) is 62.9 Å². The number of fused-ring (bicyclic) bond motifs is 1. The zero-order chi connectivity index (χ0) is 25.0. The van der Waals surface area contributed by atoms with Crippen molar-refractivity contribution in [2.75, 3.05) is 36.4 Å². The number of hydrogen-bond acceptors (Lipinski definition) is 7. The largest absolute Gasteiger partial charge is 0.367 e. The second-order valence-electron chi connectivity index (χ2n) is 10.8. The van der Waals surface area contributed by atoms with Crippen molar-refractivity contribution in [1.82, 2.24) is 25.6 Å². The molecule has 2 aliphatic heterocycles. The molecule has 37 heavy (non-hydrogen) atoms. The van der Waals surface area contributed by atoms with Crippen LogP contribution in [0.2, 0.25) is 0 Å². The summed E-state index contributed by atoms with van der Waals surface area (Å²) in [5.74, 6) is 2.18. The molecule has 0 bridgehead atoms. The summed E-state index contributed by atoms with van der Waals surface area (Å²) >= 11 is 0. The van der Waals surface area contributed by atoms with Gasteiger partial charge in [-0.2, -0.15) is 0 Å². The van der Waals surface area contributed by atoms with Crippen molar-refractivity contribution in [3.05, 3.63) is 42.9 Å². The van der Waals surface area contributed by atoms with Gasteiger partial charge in [-0.1, -0.05) is 19.3 Å². The lowest BCUT2D eigenvalue weighted by molar-refractivity contribution is -0.126. The first-order valence-electron chi connectivity index (χ1n) is 14.0. The Morgan fingerprint density at radius 3 is 2.65 bits per heavy atom. The van der Waals surface area contributed by atoms with Crippen LogP contribution in [0.15, 0.2) is 42.9 Å². The van der Waals surface area contributed by atoms with Crippen LogP contribution in [0.4, 0.5) is 11.6 Å². The summed E-state index contributed by atoms with van der Waals surface area (Å²) < 4.78 is 0. The van der Waals surface area contributed by atoms with Crippen LogP contribution in [-0.2, 0) is 4.79 Å². The summed E-state index contributed by atoms with van der Waals surface area (Å²) in [6.07, 6.45) is 14.7. The summed E-state index contributed by atoms with van der Waals surface area (Å²) in [5, 5.41) is 12.4. The molecule has 1 atom stereocenters. The van der Waals surface area contributed by atoms with E-state index in [4.69, 9.17) is 4.98 Å². The first-order valence-corrected chi connectivity index (χ1v) is 14.0. The molecule has 8 heteroatoms. The Balaban J connectivity index is 1.21. The summed E-state index contributed by atoms with van der Waals surface area (Å²) in [6, 6.07) is 9.12. The van der Waals surface area contributed by atoms with Gasteiger partial charge in [-0.15, -0.1) is 0 Å². The number of pyridine rings is 3. The number of carbonyl (C=O) groups excluding carboxylic acids is 1. The molecule has 3 aromatic rings. The van der Waals surface area contributed by atoms with Crippen molar-refractivity contribution in [3.8, 4) is 11.3 Å². The van der Waals surface area contributed by atoms with Crippen LogP contribution in [0.25, 0.3) is 22.0 Å². The third kappa shape index (κ3) is 5.54. The minimum Gasteiger partial charge on any atom is -0.367 e. The zero-order valence-corrected chi connectivity index (χ0v) is 21.5. The van der Waals surface area contributed by atoms with Gasteiger partial charge in [-0.25, -0.2) is 9.97 Å². The van der Waals surface area contributed by atoms with Gasteiger partial charge in [0.15, 0.2) is 0 Å². The molecule has 1 amide bonds. The van der Waals surface area contributed by atoms with Gasteiger partial charge >= 0.3 is 0 Å². The average Bonchev–Trinajstić information content (AvgIpc) is 3.46. The van der Waals surface area contributed by atoms with E-state index in [9.17, 15) is 4.79 Å². The number of rotatable bonds is 6. The number of anilines is 2. The molecule has 3 N–H and O–H groups in total. The fourth-order valence-corrected chi connectivity index (χ4v) is 6.04. The normalized spacial score (nSPS) is 21.3. The first kappa shape index (κ1) is 24.1. The molecule has 0 spiro atoms. The van der Waals surface area contributed by atoms with Crippen molar-refractivity contribution >= 4 is 28.3 Å². The average molecular weight is 500 g/mol.